The van der Waals surface area contributed by atoms with E-state index in [0.29, 0.717) is 12.0 Å². The van der Waals surface area contributed by atoms with Gasteiger partial charge in [-0.3, -0.25) is 9.69 Å². The maximum atomic E-state index is 13.1. The number of likely N-dealkylation sites (tertiary alicyclic amines) is 2. The number of amides is 1. The third kappa shape index (κ3) is 3.42. The van der Waals surface area contributed by atoms with Gasteiger partial charge in [-0.1, -0.05) is 0 Å². The molecule has 1 aliphatic carbocycles. The normalized spacial score (nSPS) is 28.7. The molecule has 0 bridgehead atoms. The van der Waals surface area contributed by atoms with Crippen molar-refractivity contribution in [1.29, 1.82) is 0 Å². The van der Waals surface area contributed by atoms with Crippen LogP contribution < -0.4 is 0 Å². The van der Waals surface area contributed by atoms with Gasteiger partial charge in [-0.25, -0.2) is 0 Å². The predicted molar refractivity (Wildman–Crippen MR) is 109 cm³/mol. The minimum Gasteiger partial charge on any atom is -0.381 e. The molecule has 1 aromatic rings. The summed E-state index contributed by atoms with van der Waals surface area (Å²) >= 11 is 1.86. The number of rotatable bonds is 6. The molecule has 1 aromatic heterocycles. The summed E-state index contributed by atoms with van der Waals surface area (Å²) in [6.07, 6.45) is 6.34. The fourth-order valence-electron chi connectivity index (χ4n) is 5.26. The molecular weight excluding hydrogens is 372 g/mol. The number of hydrogen-bond acceptors (Lipinski definition) is 5. The Morgan fingerprint density at radius 3 is 2.61 bits per heavy atom. The van der Waals surface area contributed by atoms with E-state index in [1.54, 1.807) is 0 Å². The fraction of sp³-hybridized carbons (Fsp3) is 0.773. The van der Waals surface area contributed by atoms with Crippen LogP contribution in [0, 0.1) is 12.8 Å². The topological polar surface area (TPSA) is 42.0 Å². The Labute approximate surface area is 172 Å². The summed E-state index contributed by atoms with van der Waals surface area (Å²) in [5, 5.41) is 2.19. The molecule has 154 valence electrons. The number of carbonyl (C=O) groups is 1. The van der Waals surface area contributed by atoms with E-state index >= 15 is 0 Å². The summed E-state index contributed by atoms with van der Waals surface area (Å²) in [7, 11) is 0. The van der Waals surface area contributed by atoms with Gasteiger partial charge >= 0.3 is 0 Å². The zero-order valence-electron chi connectivity index (χ0n) is 16.9. The van der Waals surface area contributed by atoms with E-state index < -0.39 is 0 Å². The Balaban J connectivity index is 1.22. The first-order valence-electron chi connectivity index (χ1n) is 11.0. The number of piperidine rings is 1. The highest BCUT2D eigenvalue weighted by atomic mass is 32.1. The lowest BCUT2D eigenvalue weighted by Gasteiger charge is -2.62. The number of thiophene rings is 1. The van der Waals surface area contributed by atoms with Crippen LogP contribution in [0.4, 0.5) is 0 Å². The highest BCUT2D eigenvalue weighted by molar-refractivity contribution is 7.10. The van der Waals surface area contributed by atoms with Crippen molar-refractivity contribution in [2.75, 3.05) is 32.9 Å². The second-order valence-electron chi connectivity index (χ2n) is 9.12. The van der Waals surface area contributed by atoms with Gasteiger partial charge in [-0.05, 0) is 68.4 Å². The summed E-state index contributed by atoms with van der Waals surface area (Å²) in [5.41, 5.74) is 1.31. The predicted octanol–water partition coefficient (Wildman–Crippen LogP) is 3.21. The number of nitrogens with zero attached hydrogens (tertiary/aromatic N) is 2. The number of aryl methyl sites for hydroxylation is 1. The highest BCUT2D eigenvalue weighted by Crippen LogP contribution is 2.46. The maximum Gasteiger partial charge on any atom is 0.254 e. The smallest absolute Gasteiger partial charge is 0.254 e. The molecule has 1 amide bonds. The van der Waals surface area contributed by atoms with Gasteiger partial charge < -0.3 is 14.4 Å². The summed E-state index contributed by atoms with van der Waals surface area (Å²) < 4.78 is 11.8. The van der Waals surface area contributed by atoms with E-state index in [2.05, 4.69) is 28.2 Å². The van der Waals surface area contributed by atoms with Crippen molar-refractivity contribution in [2.24, 2.45) is 5.92 Å². The van der Waals surface area contributed by atoms with Gasteiger partial charge in [0.15, 0.2) is 6.10 Å². The average molecular weight is 405 g/mol. The third-order valence-electron chi connectivity index (χ3n) is 7.24. The van der Waals surface area contributed by atoms with Crippen molar-refractivity contribution in [2.45, 2.75) is 69.7 Å². The van der Waals surface area contributed by atoms with Gasteiger partial charge in [-0.15, -0.1) is 11.3 Å². The van der Waals surface area contributed by atoms with Crippen LogP contribution in [0.5, 0.6) is 0 Å². The molecule has 1 saturated carbocycles. The minimum absolute atomic E-state index is 0.0958. The van der Waals surface area contributed by atoms with Crippen molar-refractivity contribution in [1.82, 2.24) is 9.80 Å². The SMILES string of the molecule is Cc1ccsc1CN1CCC(N2C(=O)C(OCC3CC3)C23CCOCC3)CC1. The summed E-state index contributed by atoms with van der Waals surface area (Å²) in [6.45, 7) is 7.68. The molecule has 28 heavy (non-hydrogen) atoms. The lowest BCUT2D eigenvalue weighted by atomic mass is 9.72. The van der Waals surface area contributed by atoms with Crippen LogP contribution in [0.3, 0.4) is 0 Å². The third-order valence-corrected chi connectivity index (χ3v) is 8.25. The molecule has 4 aliphatic rings. The molecule has 0 aromatic carbocycles. The van der Waals surface area contributed by atoms with Gasteiger partial charge in [0.05, 0.1) is 12.1 Å². The Morgan fingerprint density at radius 2 is 1.96 bits per heavy atom. The van der Waals surface area contributed by atoms with Gasteiger partial charge in [0.2, 0.25) is 0 Å². The van der Waals surface area contributed by atoms with Crippen LogP contribution in [0.1, 0.15) is 49.0 Å². The number of ether oxygens (including phenoxy) is 2. The lowest BCUT2D eigenvalue weighted by molar-refractivity contribution is -0.219. The molecule has 4 fully saturated rings. The number of β-lactam (4-membered cyclic amide) rings is 1. The summed E-state index contributed by atoms with van der Waals surface area (Å²) in [5.74, 6) is 0.942. The van der Waals surface area contributed by atoms with Crippen LogP contribution in [0.2, 0.25) is 0 Å². The van der Waals surface area contributed by atoms with Crippen molar-refractivity contribution in [3.05, 3.63) is 21.9 Å². The van der Waals surface area contributed by atoms with Crippen LogP contribution >= 0.6 is 11.3 Å². The number of hydrogen-bond donors (Lipinski definition) is 0. The first-order chi connectivity index (χ1) is 13.7. The maximum absolute atomic E-state index is 13.1. The van der Waals surface area contributed by atoms with E-state index in [1.165, 1.54) is 23.3 Å². The second kappa shape index (κ2) is 7.71. The van der Waals surface area contributed by atoms with Gasteiger partial charge in [-0.2, -0.15) is 0 Å². The van der Waals surface area contributed by atoms with Crippen molar-refractivity contribution < 1.29 is 14.3 Å². The molecule has 4 heterocycles. The second-order valence-corrected chi connectivity index (χ2v) is 10.1. The van der Waals surface area contributed by atoms with Crippen LogP contribution in [-0.2, 0) is 20.8 Å². The molecule has 0 N–H and O–H groups in total. The van der Waals surface area contributed by atoms with Crippen LogP contribution in [0.25, 0.3) is 0 Å². The first-order valence-corrected chi connectivity index (χ1v) is 11.8. The molecule has 0 radical (unpaired) electrons. The lowest BCUT2D eigenvalue weighted by Crippen LogP contribution is -2.79. The zero-order chi connectivity index (χ0) is 19.1. The van der Waals surface area contributed by atoms with Gasteiger partial charge in [0, 0.05) is 43.8 Å². The average Bonchev–Trinajstić information content (AvgIpc) is 3.45. The quantitative estimate of drug-likeness (QED) is 0.683. The Hall–Kier alpha value is -0.950. The molecule has 1 atom stereocenters. The fourth-order valence-corrected chi connectivity index (χ4v) is 6.20. The standard InChI is InChI=1S/C22H32N2O3S/c1-16-6-13-28-19(16)14-23-9-4-18(5-10-23)24-21(25)20(27-15-17-2-3-17)22(24)7-11-26-12-8-22/h6,13,17-18,20H,2-5,7-12,14-15H2,1H3. The van der Waals surface area contributed by atoms with E-state index in [0.717, 1.165) is 65.1 Å². The molecule has 3 aliphatic heterocycles. The molecule has 5 rings (SSSR count). The van der Waals surface area contributed by atoms with Crippen molar-refractivity contribution in [3.8, 4) is 0 Å². The summed E-state index contributed by atoms with van der Waals surface area (Å²) in [4.78, 5) is 19.4. The molecular formula is C22H32N2O3S. The van der Waals surface area contributed by atoms with E-state index in [9.17, 15) is 4.79 Å². The highest BCUT2D eigenvalue weighted by Gasteiger charge is 2.63. The largest absolute Gasteiger partial charge is 0.381 e. The van der Waals surface area contributed by atoms with Gasteiger partial charge in [0.1, 0.15) is 0 Å². The zero-order valence-corrected chi connectivity index (χ0v) is 17.7. The summed E-state index contributed by atoms with van der Waals surface area (Å²) in [6, 6.07) is 2.58. The Bertz CT molecular complexity index is 702. The Morgan fingerprint density at radius 1 is 1.21 bits per heavy atom. The first kappa shape index (κ1) is 19.0. The molecule has 6 heteroatoms. The Kier molecular flexibility index (Phi) is 5.24. The van der Waals surface area contributed by atoms with Crippen molar-refractivity contribution in [3.63, 3.8) is 0 Å². The van der Waals surface area contributed by atoms with E-state index in [4.69, 9.17) is 9.47 Å². The van der Waals surface area contributed by atoms with Crippen LogP contribution in [0.15, 0.2) is 11.4 Å². The molecule has 3 saturated heterocycles. The molecule has 1 spiro atoms. The number of carbonyl (C=O) groups excluding carboxylic acids is 1. The monoisotopic (exact) mass is 404 g/mol. The molecule has 5 nitrogen and oxygen atoms in total. The minimum atomic E-state index is -0.219. The van der Waals surface area contributed by atoms with Crippen molar-refractivity contribution >= 4 is 17.2 Å². The van der Waals surface area contributed by atoms with E-state index in [1.807, 2.05) is 11.3 Å². The van der Waals surface area contributed by atoms with Crippen LogP contribution in [-0.4, -0.2) is 66.3 Å². The van der Waals surface area contributed by atoms with Gasteiger partial charge in [0.25, 0.3) is 5.91 Å². The van der Waals surface area contributed by atoms with E-state index in [-0.39, 0.29) is 17.6 Å². The molecule has 1 unspecified atom stereocenters.